The van der Waals surface area contributed by atoms with Gasteiger partial charge in [0.15, 0.2) is 5.76 Å². The molecule has 9 heteroatoms. The van der Waals surface area contributed by atoms with Crippen LogP contribution in [-0.4, -0.2) is 28.9 Å². The van der Waals surface area contributed by atoms with Crippen LogP contribution in [0.2, 0.25) is 5.02 Å². The molecule has 1 aliphatic rings. The third kappa shape index (κ3) is 4.39. The molecule has 37 heavy (non-hydrogen) atoms. The molecule has 0 saturated carbocycles. The van der Waals surface area contributed by atoms with Gasteiger partial charge in [-0.15, -0.1) is 11.3 Å². The highest BCUT2D eigenvalue weighted by atomic mass is 35.5. The van der Waals surface area contributed by atoms with Gasteiger partial charge in [0.05, 0.1) is 34.3 Å². The summed E-state index contributed by atoms with van der Waals surface area (Å²) >= 11 is 7.20. The van der Waals surface area contributed by atoms with Crippen LogP contribution in [0.1, 0.15) is 27.0 Å². The quantitative estimate of drug-likeness (QED) is 0.278. The third-order valence-electron chi connectivity index (χ3n) is 6.09. The molecule has 5 rings (SSSR count). The van der Waals surface area contributed by atoms with Crippen LogP contribution in [0.15, 0.2) is 84.1 Å². The van der Waals surface area contributed by atoms with Crippen molar-refractivity contribution in [2.45, 2.75) is 13.0 Å². The molecule has 0 bridgehead atoms. The van der Waals surface area contributed by atoms with E-state index < -0.39 is 29.3 Å². The smallest absolute Gasteiger partial charge is 0.294 e. The van der Waals surface area contributed by atoms with Crippen LogP contribution in [0.25, 0.3) is 10.6 Å². The van der Waals surface area contributed by atoms with Crippen LogP contribution in [0, 0.1) is 12.7 Å². The molecule has 4 aromatic rings. The second kappa shape index (κ2) is 9.80. The Morgan fingerprint density at radius 3 is 2.46 bits per heavy atom. The number of nitrogens with zero attached hydrogens (tertiary/aromatic N) is 2. The standard InChI is InChI=1S/C28H20ClFN2O4S/c1-15-26(37-27(31-15)17-6-4-3-5-7-17)24(33)22-23(16-8-11-19(36-2)12-9-16)32(28(35)25(22)34)18-10-13-21(30)20(29)14-18/h3-14,23,34H,1-2H3. The minimum absolute atomic E-state index is 0.0954. The highest BCUT2D eigenvalue weighted by Gasteiger charge is 2.45. The molecule has 0 fully saturated rings. The first-order valence-corrected chi connectivity index (χ1v) is 12.4. The number of ether oxygens (including phenoxy) is 1. The Labute approximate surface area is 221 Å². The Morgan fingerprint density at radius 1 is 1.11 bits per heavy atom. The zero-order valence-electron chi connectivity index (χ0n) is 19.7. The Morgan fingerprint density at radius 2 is 1.81 bits per heavy atom. The molecule has 1 amide bonds. The van der Waals surface area contributed by atoms with Gasteiger partial charge in [-0.1, -0.05) is 54.1 Å². The highest BCUT2D eigenvalue weighted by Crippen LogP contribution is 2.44. The second-order valence-corrected chi connectivity index (χ2v) is 9.75. The minimum atomic E-state index is -0.992. The second-order valence-electron chi connectivity index (χ2n) is 8.34. The van der Waals surface area contributed by atoms with Crippen molar-refractivity contribution in [1.29, 1.82) is 0 Å². The van der Waals surface area contributed by atoms with Gasteiger partial charge in [-0.05, 0) is 42.8 Å². The van der Waals surface area contributed by atoms with E-state index >= 15 is 0 Å². The molecule has 0 saturated heterocycles. The Kier molecular flexibility index (Phi) is 6.54. The summed E-state index contributed by atoms with van der Waals surface area (Å²) in [6, 6.07) is 19.0. The first-order chi connectivity index (χ1) is 17.8. The minimum Gasteiger partial charge on any atom is -0.503 e. The molecule has 186 valence electrons. The van der Waals surface area contributed by atoms with Gasteiger partial charge < -0.3 is 9.84 Å². The molecular formula is C28H20ClFN2O4S. The van der Waals surface area contributed by atoms with E-state index in [4.69, 9.17) is 16.3 Å². The predicted octanol–water partition coefficient (Wildman–Crippen LogP) is 6.70. The largest absolute Gasteiger partial charge is 0.503 e. The lowest BCUT2D eigenvalue weighted by molar-refractivity contribution is -0.117. The third-order valence-corrected chi connectivity index (χ3v) is 7.58. The Hall–Kier alpha value is -4.01. The molecule has 0 spiro atoms. The molecule has 0 radical (unpaired) electrons. The first-order valence-electron chi connectivity index (χ1n) is 11.2. The first kappa shape index (κ1) is 24.7. The van der Waals surface area contributed by atoms with Gasteiger partial charge in [0, 0.05) is 11.3 Å². The van der Waals surface area contributed by atoms with Crippen molar-refractivity contribution in [3.63, 3.8) is 0 Å². The molecule has 1 atom stereocenters. The Balaban J connectivity index is 1.64. The number of hydrogen-bond donors (Lipinski definition) is 1. The molecule has 1 N–H and O–H groups in total. The number of carbonyl (C=O) groups is 2. The number of rotatable bonds is 6. The summed E-state index contributed by atoms with van der Waals surface area (Å²) in [6.07, 6.45) is 0. The van der Waals surface area contributed by atoms with Crippen molar-refractivity contribution < 1.29 is 23.8 Å². The van der Waals surface area contributed by atoms with E-state index in [1.165, 1.54) is 35.5 Å². The summed E-state index contributed by atoms with van der Waals surface area (Å²) in [6.45, 7) is 1.71. The number of amides is 1. The van der Waals surface area contributed by atoms with Crippen molar-refractivity contribution in [2.24, 2.45) is 0 Å². The number of aliphatic hydroxyl groups excluding tert-OH is 1. The number of thiazole rings is 1. The van der Waals surface area contributed by atoms with Crippen LogP contribution in [0.5, 0.6) is 5.75 Å². The fourth-order valence-corrected chi connectivity index (χ4v) is 5.47. The maximum absolute atomic E-state index is 13.9. The van der Waals surface area contributed by atoms with Crippen molar-refractivity contribution in [2.75, 3.05) is 12.0 Å². The molecule has 1 aromatic heterocycles. The summed E-state index contributed by atoms with van der Waals surface area (Å²) in [5, 5.41) is 11.5. The molecule has 3 aromatic carbocycles. The van der Waals surface area contributed by atoms with Gasteiger partial charge >= 0.3 is 0 Å². The van der Waals surface area contributed by atoms with Gasteiger partial charge in [0.2, 0.25) is 5.78 Å². The number of aryl methyl sites for hydroxylation is 1. The maximum Gasteiger partial charge on any atom is 0.294 e. The van der Waals surface area contributed by atoms with E-state index in [9.17, 15) is 19.1 Å². The van der Waals surface area contributed by atoms with Gasteiger partial charge in [-0.3, -0.25) is 14.5 Å². The number of carbonyl (C=O) groups excluding carboxylic acids is 2. The lowest BCUT2D eigenvalue weighted by atomic mass is 9.94. The summed E-state index contributed by atoms with van der Waals surface area (Å²) in [5.41, 5.74) is 2.02. The van der Waals surface area contributed by atoms with Crippen LogP contribution in [0.4, 0.5) is 10.1 Å². The van der Waals surface area contributed by atoms with Crippen molar-refractivity contribution >= 4 is 40.3 Å². The van der Waals surface area contributed by atoms with Crippen molar-refractivity contribution in [1.82, 2.24) is 4.98 Å². The molecule has 1 unspecified atom stereocenters. The fourth-order valence-electron chi connectivity index (χ4n) is 4.27. The number of methoxy groups -OCH3 is 1. The number of aliphatic hydroxyl groups is 1. The fraction of sp³-hybridized carbons (Fsp3) is 0.107. The molecule has 1 aliphatic heterocycles. The van der Waals surface area contributed by atoms with Crippen molar-refractivity contribution in [3.05, 3.63) is 111 Å². The normalized spacial score (nSPS) is 15.4. The van der Waals surface area contributed by atoms with Crippen LogP contribution < -0.4 is 9.64 Å². The average molecular weight is 535 g/mol. The number of hydrogen-bond acceptors (Lipinski definition) is 6. The predicted molar refractivity (Wildman–Crippen MR) is 141 cm³/mol. The molecule has 6 nitrogen and oxygen atoms in total. The summed E-state index contributed by atoms with van der Waals surface area (Å²) in [4.78, 5) is 33.4. The van der Waals surface area contributed by atoms with Gasteiger partial charge in [0.25, 0.3) is 5.91 Å². The molecule has 0 aliphatic carbocycles. The number of anilines is 1. The zero-order valence-corrected chi connectivity index (χ0v) is 21.3. The van der Waals surface area contributed by atoms with Crippen LogP contribution in [-0.2, 0) is 4.79 Å². The lowest BCUT2D eigenvalue weighted by Gasteiger charge is -2.27. The monoisotopic (exact) mass is 534 g/mol. The van der Waals surface area contributed by atoms with E-state index in [-0.39, 0.29) is 16.3 Å². The van der Waals surface area contributed by atoms with Gasteiger partial charge in [0.1, 0.15) is 16.6 Å². The SMILES string of the molecule is COc1ccc(C2C(C(=O)c3sc(-c4ccccc4)nc3C)=C(O)C(=O)N2c2ccc(F)c(Cl)c2)cc1. The topological polar surface area (TPSA) is 79.7 Å². The number of ketones is 1. The van der Waals surface area contributed by atoms with E-state index in [0.29, 0.717) is 26.9 Å². The van der Waals surface area contributed by atoms with Gasteiger partial charge in [-0.25, -0.2) is 9.37 Å². The number of benzene rings is 3. The zero-order chi connectivity index (χ0) is 26.3. The van der Waals surface area contributed by atoms with E-state index in [0.717, 1.165) is 11.6 Å². The van der Waals surface area contributed by atoms with Gasteiger partial charge in [-0.2, -0.15) is 0 Å². The number of halogens is 2. The lowest BCUT2D eigenvalue weighted by Crippen LogP contribution is -2.31. The van der Waals surface area contributed by atoms with Crippen molar-refractivity contribution in [3.8, 4) is 16.3 Å². The molecular weight excluding hydrogens is 515 g/mol. The average Bonchev–Trinajstić information content (AvgIpc) is 3.43. The summed E-state index contributed by atoms with van der Waals surface area (Å²) in [7, 11) is 1.53. The summed E-state index contributed by atoms with van der Waals surface area (Å²) < 4.78 is 19.2. The van der Waals surface area contributed by atoms with Crippen LogP contribution >= 0.6 is 22.9 Å². The maximum atomic E-state index is 13.9. The Bertz CT molecular complexity index is 1550. The van der Waals surface area contributed by atoms with Crippen LogP contribution in [0.3, 0.4) is 0 Å². The highest BCUT2D eigenvalue weighted by molar-refractivity contribution is 7.17. The van der Waals surface area contributed by atoms with E-state index in [1.54, 1.807) is 31.2 Å². The summed E-state index contributed by atoms with van der Waals surface area (Å²) in [5.74, 6) is -2.06. The molecule has 2 heterocycles. The van der Waals surface area contributed by atoms with E-state index in [1.807, 2.05) is 30.3 Å². The number of aromatic nitrogens is 1. The van der Waals surface area contributed by atoms with E-state index in [2.05, 4.69) is 4.98 Å². The number of Topliss-reactive ketones (excluding diaryl/α,β-unsaturated/α-hetero) is 1.